The van der Waals surface area contributed by atoms with Crippen LogP contribution in [0.15, 0.2) is 30.3 Å². The Bertz CT molecular complexity index is 476. The minimum absolute atomic E-state index is 0. The Labute approximate surface area is 147 Å². The summed E-state index contributed by atoms with van der Waals surface area (Å²) in [5.41, 5.74) is 1.08. The van der Waals surface area contributed by atoms with Gasteiger partial charge in [-0.2, -0.15) is 0 Å². The Morgan fingerprint density at radius 3 is 2.17 bits per heavy atom. The number of carbonyl (C=O) groups is 1. The van der Waals surface area contributed by atoms with E-state index in [1.165, 1.54) is 57.2 Å². The van der Waals surface area contributed by atoms with Crippen molar-refractivity contribution in [3.05, 3.63) is 35.9 Å². The quantitative estimate of drug-likeness (QED) is 0.773. The molecule has 3 heteroatoms. The van der Waals surface area contributed by atoms with E-state index in [1.807, 2.05) is 0 Å². The van der Waals surface area contributed by atoms with Crippen LogP contribution >= 0.6 is 12.4 Å². The monoisotopic (exact) mass is 335 g/mol. The minimum atomic E-state index is -0.185. The summed E-state index contributed by atoms with van der Waals surface area (Å²) in [6, 6.07) is 10.6. The number of hydrogen-bond donors (Lipinski definition) is 0. The molecule has 1 aromatic rings. The van der Waals surface area contributed by atoms with Crippen LogP contribution in [0.3, 0.4) is 0 Å². The van der Waals surface area contributed by atoms with Crippen molar-refractivity contribution in [2.75, 3.05) is 19.6 Å². The molecular weight excluding hydrogens is 306 g/mol. The van der Waals surface area contributed by atoms with Gasteiger partial charge >= 0.3 is 0 Å². The van der Waals surface area contributed by atoms with Crippen LogP contribution in [-0.4, -0.2) is 30.3 Å². The summed E-state index contributed by atoms with van der Waals surface area (Å²) >= 11 is 0. The third-order valence-corrected chi connectivity index (χ3v) is 5.67. The zero-order valence-electron chi connectivity index (χ0n) is 14.1. The van der Waals surface area contributed by atoms with Gasteiger partial charge in [-0.05, 0) is 44.3 Å². The highest BCUT2D eigenvalue weighted by Crippen LogP contribution is 2.41. The molecule has 0 bridgehead atoms. The smallest absolute Gasteiger partial charge is 0.144 e. The van der Waals surface area contributed by atoms with Gasteiger partial charge in [0.25, 0.3) is 0 Å². The van der Waals surface area contributed by atoms with Crippen molar-refractivity contribution in [1.82, 2.24) is 4.90 Å². The average Bonchev–Trinajstić information content (AvgIpc) is 2.62. The average molecular weight is 336 g/mol. The van der Waals surface area contributed by atoms with Gasteiger partial charge in [0.2, 0.25) is 0 Å². The second-order valence-corrected chi connectivity index (χ2v) is 7.08. The Morgan fingerprint density at radius 2 is 1.52 bits per heavy atom. The molecule has 0 amide bonds. The predicted molar refractivity (Wildman–Crippen MR) is 98.4 cm³/mol. The molecule has 1 saturated carbocycles. The fourth-order valence-corrected chi connectivity index (χ4v) is 4.32. The summed E-state index contributed by atoms with van der Waals surface area (Å²) in [5, 5.41) is 0. The Morgan fingerprint density at radius 1 is 0.913 bits per heavy atom. The van der Waals surface area contributed by atoms with Crippen molar-refractivity contribution in [2.24, 2.45) is 0 Å². The van der Waals surface area contributed by atoms with E-state index in [4.69, 9.17) is 0 Å². The molecular formula is C20H30ClNO. The minimum Gasteiger partial charge on any atom is -0.303 e. The van der Waals surface area contributed by atoms with Gasteiger partial charge in [0, 0.05) is 13.0 Å². The summed E-state index contributed by atoms with van der Waals surface area (Å²) in [5.74, 6) is 0.490. The lowest BCUT2D eigenvalue weighted by atomic mass is 9.66. The van der Waals surface area contributed by atoms with E-state index < -0.39 is 0 Å². The molecule has 1 aromatic carbocycles. The molecule has 0 radical (unpaired) electrons. The van der Waals surface area contributed by atoms with E-state index in [9.17, 15) is 4.79 Å². The van der Waals surface area contributed by atoms with E-state index >= 15 is 0 Å². The van der Waals surface area contributed by atoms with Crippen molar-refractivity contribution in [3.8, 4) is 0 Å². The highest BCUT2D eigenvalue weighted by molar-refractivity contribution is 5.90. The van der Waals surface area contributed by atoms with Gasteiger partial charge in [0.15, 0.2) is 0 Å². The van der Waals surface area contributed by atoms with Crippen LogP contribution < -0.4 is 0 Å². The fraction of sp³-hybridized carbons (Fsp3) is 0.650. The van der Waals surface area contributed by atoms with E-state index in [1.54, 1.807) is 0 Å². The second kappa shape index (κ2) is 8.84. The number of nitrogens with zero attached hydrogens (tertiary/aromatic N) is 1. The molecule has 2 aliphatic rings. The van der Waals surface area contributed by atoms with Crippen LogP contribution in [0.4, 0.5) is 0 Å². The molecule has 1 aliphatic heterocycles. The molecule has 0 unspecified atom stereocenters. The third-order valence-electron chi connectivity index (χ3n) is 5.67. The zero-order chi connectivity index (χ0) is 15.3. The molecule has 1 aliphatic carbocycles. The number of hydrogen-bond acceptors (Lipinski definition) is 2. The molecule has 1 heterocycles. The molecule has 0 aromatic heterocycles. The van der Waals surface area contributed by atoms with Gasteiger partial charge in [-0.15, -0.1) is 12.4 Å². The number of likely N-dealkylation sites (tertiary alicyclic amines) is 1. The predicted octanol–water partition coefficient (Wildman–Crippen LogP) is 4.76. The summed E-state index contributed by atoms with van der Waals surface area (Å²) in [7, 11) is 0. The highest BCUT2D eigenvalue weighted by Gasteiger charge is 2.40. The van der Waals surface area contributed by atoms with Crippen molar-refractivity contribution in [3.63, 3.8) is 0 Å². The molecule has 3 rings (SSSR count). The standard InChI is InChI=1S/C20H29NO.ClH/c22-19(12-17-21-15-8-3-9-16-21)20(13-6-2-7-14-20)18-10-4-1-5-11-18;/h1,4-5,10-11H,2-3,6-9,12-17H2;1H. The van der Waals surface area contributed by atoms with Gasteiger partial charge in [0.1, 0.15) is 5.78 Å². The van der Waals surface area contributed by atoms with Crippen molar-refractivity contribution in [1.29, 1.82) is 0 Å². The van der Waals surface area contributed by atoms with Crippen LogP contribution in [0, 0.1) is 0 Å². The maximum absolute atomic E-state index is 13.1. The van der Waals surface area contributed by atoms with Crippen LogP contribution in [0.25, 0.3) is 0 Å². The first-order valence-corrected chi connectivity index (χ1v) is 9.12. The maximum Gasteiger partial charge on any atom is 0.144 e. The van der Waals surface area contributed by atoms with E-state index in [-0.39, 0.29) is 17.8 Å². The van der Waals surface area contributed by atoms with Gasteiger partial charge in [-0.3, -0.25) is 4.79 Å². The van der Waals surface area contributed by atoms with Gasteiger partial charge in [0.05, 0.1) is 5.41 Å². The number of rotatable bonds is 5. The number of piperidine rings is 1. The highest BCUT2D eigenvalue weighted by atomic mass is 35.5. The Hall–Kier alpha value is -0.860. The van der Waals surface area contributed by atoms with Gasteiger partial charge < -0.3 is 4.90 Å². The van der Waals surface area contributed by atoms with Crippen LogP contribution in [0.1, 0.15) is 63.4 Å². The second-order valence-electron chi connectivity index (χ2n) is 7.08. The van der Waals surface area contributed by atoms with Crippen molar-refractivity contribution < 1.29 is 4.79 Å². The molecule has 0 atom stereocenters. The first kappa shape index (κ1) is 18.5. The first-order chi connectivity index (χ1) is 10.8. The Kier molecular flexibility index (Phi) is 7.10. The molecule has 0 N–H and O–H groups in total. The molecule has 0 spiro atoms. The zero-order valence-corrected chi connectivity index (χ0v) is 15.0. The number of halogens is 1. The van der Waals surface area contributed by atoms with Gasteiger partial charge in [-0.1, -0.05) is 56.0 Å². The molecule has 2 fully saturated rings. The summed E-state index contributed by atoms with van der Waals surface area (Å²) in [6.45, 7) is 3.34. The van der Waals surface area contributed by atoms with E-state index in [0.717, 1.165) is 25.8 Å². The largest absolute Gasteiger partial charge is 0.303 e. The summed E-state index contributed by atoms with van der Waals surface area (Å²) in [6.07, 6.45) is 10.5. The fourth-order valence-electron chi connectivity index (χ4n) is 4.32. The molecule has 128 valence electrons. The number of Topliss-reactive ketones (excluding diaryl/α,β-unsaturated/α-hetero) is 1. The SMILES string of the molecule is Cl.O=C(CCN1CCCCC1)C1(c2ccccc2)CCCCC1. The van der Waals surface area contributed by atoms with Crippen molar-refractivity contribution >= 4 is 18.2 Å². The first-order valence-electron chi connectivity index (χ1n) is 9.12. The number of carbonyl (C=O) groups excluding carboxylic acids is 1. The normalized spacial score (nSPS) is 21.4. The third kappa shape index (κ3) is 4.36. The van der Waals surface area contributed by atoms with E-state index in [0.29, 0.717) is 5.78 Å². The lowest BCUT2D eigenvalue weighted by Gasteiger charge is -2.37. The lowest BCUT2D eigenvalue weighted by Crippen LogP contribution is -2.40. The molecule has 1 saturated heterocycles. The Balaban J connectivity index is 0.00000192. The summed E-state index contributed by atoms with van der Waals surface area (Å²) < 4.78 is 0. The maximum atomic E-state index is 13.1. The van der Waals surface area contributed by atoms with E-state index in [2.05, 4.69) is 35.2 Å². The summed E-state index contributed by atoms with van der Waals surface area (Å²) in [4.78, 5) is 15.6. The van der Waals surface area contributed by atoms with Crippen LogP contribution in [-0.2, 0) is 10.2 Å². The van der Waals surface area contributed by atoms with Crippen LogP contribution in [0.2, 0.25) is 0 Å². The number of ketones is 1. The topological polar surface area (TPSA) is 20.3 Å². The van der Waals surface area contributed by atoms with Crippen LogP contribution in [0.5, 0.6) is 0 Å². The molecule has 2 nitrogen and oxygen atoms in total. The van der Waals surface area contributed by atoms with Crippen molar-refractivity contribution in [2.45, 2.75) is 63.2 Å². The number of benzene rings is 1. The van der Waals surface area contributed by atoms with Gasteiger partial charge in [-0.25, -0.2) is 0 Å². The molecule has 23 heavy (non-hydrogen) atoms. The lowest BCUT2D eigenvalue weighted by molar-refractivity contribution is -0.126.